The minimum absolute atomic E-state index is 0.176. The van der Waals surface area contributed by atoms with E-state index in [1.54, 1.807) is 0 Å². The summed E-state index contributed by atoms with van der Waals surface area (Å²) in [4.78, 5) is 8.35. The van der Waals surface area contributed by atoms with Crippen LogP contribution in [0.1, 0.15) is 19.5 Å². The van der Waals surface area contributed by atoms with Crippen molar-refractivity contribution in [1.82, 2.24) is 9.97 Å². The van der Waals surface area contributed by atoms with Gasteiger partial charge in [-0.15, -0.1) is 0 Å². The third kappa shape index (κ3) is 3.86. The molecular weight excluding hydrogens is 222 g/mol. The maximum atomic E-state index is 5.29. The Balaban J connectivity index is 2.70. The first-order valence-corrected chi connectivity index (χ1v) is 6.30. The minimum atomic E-state index is 0.176. The van der Waals surface area contributed by atoms with E-state index in [0.717, 1.165) is 18.1 Å². The highest BCUT2D eigenvalue weighted by Gasteiger charge is 2.15. The lowest BCUT2D eigenvalue weighted by Gasteiger charge is -2.22. The molecule has 4 N–H and O–H groups in total. The van der Waals surface area contributed by atoms with Gasteiger partial charge in [0.1, 0.15) is 5.82 Å². The average molecular weight is 241 g/mol. The fourth-order valence-corrected chi connectivity index (χ4v) is 1.32. The summed E-state index contributed by atoms with van der Waals surface area (Å²) in [5.74, 6) is 6.52. The van der Waals surface area contributed by atoms with Crippen molar-refractivity contribution in [1.29, 1.82) is 0 Å². The fraction of sp³-hybridized carbons (Fsp3) is 0.600. The molecule has 5 nitrogen and oxygen atoms in total. The number of thioether (sulfide) groups is 1. The summed E-state index contributed by atoms with van der Waals surface area (Å²) in [7, 11) is 0. The molecule has 0 aliphatic carbocycles. The molecule has 0 aromatic carbocycles. The van der Waals surface area contributed by atoms with Gasteiger partial charge < -0.3 is 5.32 Å². The van der Waals surface area contributed by atoms with Gasteiger partial charge in [-0.05, 0) is 27.0 Å². The van der Waals surface area contributed by atoms with Crippen LogP contribution in [0.4, 0.5) is 11.8 Å². The van der Waals surface area contributed by atoms with Crippen LogP contribution in [0.2, 0.25) is 0 Å². The maximum absolute atomic E-state index is 5.29. The van der Waals surface area contributed by atoms with Crippen LogP contribution >= 0.6 is 11.8 Å². The molecule has 1 heterocycles. The third-order valence-corrected chi connectivity index (χ3v) is 3.48. The number of aromatic nitrogens is 2. The Kier molecular flexibility index (Phi) is 4.37. The number of aryl methyl sites for hydroxylation is 1. The summed E-state index contributed by atoms with van der Waals surface area (Å²) in [5, 5.41) is 3.28. The first-order valence-electron chi connectivity index (χ1n) is 5.08. The van der Waals surface area contributed by atoms with Crippen molar-refractivity contribution in [3.8, 4) is 0 Å². The Morgan fingerprint density at radius 3 is 2.69 bits per heavy atom. The van der Waals surface area contributed by atoms with Gasteiger partial charge >= 0.3 is 0 Å². The number of anilines is 2. The van der Waals surface area contributed by atoms with Crippen LogP contribution in [0, 0.1) is 6.92 Å². The highest BCUT2D eigenvalue weighted by molar-refractivity contribution is 7.99. The summed E-state index contributed by atoms with van der Waals surface area (Å²) in [6.45, 7) is 7.11. The summed E-state index contributed by atoms with van der Waals surface area (Å²) in [6, 6.07) is 1.90. The topological polar surface area (TPSA) is 75.9 Å². The Hall–Kier alpha value is -1.01. The number of hydrogen-bond donors (Lipinski definition) is 3. The van der Waals surface area contributed by atoms with E-state index < -0.39 is 0 Å². The number of nitrogen functional groups attached to an aromatic ring is 1. The van der Waals surface area contributed by atoms with Crippen molar-refractivity contribution < 1.29 is 0 Å². The molecule has 0 aliphatic rings. The van der Waals surface area contributed by atoms with Gasteiger partial charge in [0.25, 0.3) is 0 Å². The molecule has 1 aromatic rings. The van der Waals surface area contributed by atoms with E-state index in [-0.39, 0.29) is 4.75 Å². The van der Waals surface area contributed by atoms with Gasteiger partial charge in [0.2, 0.25) is 5.95 Å². The van der Waals surface area contributed by atoms with Crippen molar-refractivity contribution in [2.45, 2.75) is 25.5 Å². The molecule has 1 rings (SSSR count). The van der Waals surface area contributed by atoms with Gasteiger partial charge in [-0.3, -0.25) is 5.43 Å². The smallest absolute Gasteiger partial charge is 0.239 e. The highest BCUT2D eigenvalue weighted by atomic mass is 32.2. The standard InChI is InChI=1S/C10H19N5S/c1-7-5-8(14-9(13-7)15-11)12-6-10(2,3)16-4/h5H,6,11H2,1-4H3,(H2,12,13,14,15). The van der Waals surface area contributed by atoms with E-state index in [9.17, 15) is 0 Å². The Bertz CT molecular complexity index is 353. The highest BCUT2D eigenvalue weighted by Crippen LogP contribution is 2.21. The first-order chi connectivity index (χ1) is 7.46. The van der Waals surface area contributed by atoms with E-state index in [1.807, 2.05) is 24.8 Å². The molecule has 0 bridgehead atoms. The molecule has 0 aliphatic heterocycles. The van der Waals surface area contributed by atoms with Crippen LogP contribution in [-0.2, 0) is 0 Å². The zero-order chi connectivity index (χ0) is 12.2. The summed E-state index contributed by atoms with van der Waals surface area (Å²) >= 11 is 1.81. The first kappa shape index (κ1) is 13.1. The average Bonchev–Trinajstić information content (AvgIpc) is 2.26. The van der Waals surface area contributed by atoms with Gasteiger partial charge in [-0.2, -0.15) is 16.7 Å². The van der Waals surface area contributed by atoms with Crippen molar-refractivity contribution in [2.24, 2.45) is 5.84 Å². The van der Waals surface area contributed by atoms with Gasteiger partial charge in [0.05, 0.1) is 0 Å². The lowest BCUT2D eigenvalue weighted by molar-refractivity contribution is 0.749. The van der Waals surface area contributed by atoms with E-state index in [2.05, 4.69) is 40.8 Å². The van der Waals surface area contributed by atoms with Crippen molar-refractivity contribution in [3.05, 3.63) is 11.8 Å². The quantitative estimate of drug-likeness (QED) is 0.537. The third-order valence-electron chi connectivity index (χ3n) is 2.23. The molecule has 0 saturated carbocycles. The predicted octanol–water partition coefficient (Wildman–Crippen LogP) is 1.62. The van der Waals surface area contributed by atoms with Crippen LogP contribution < -0.4 is 16.6 Å². The fourth-order valence-electron chi connectivity index (χ4n) is 1.10. The molecular formula is C10H19N5S. The molecule has 0 unspecified atom stereocenters. The largest absolute Gasteiger partial charge is 0.369 e. The number of hydrogen-bond acceptors (Lipinski definition) is 6. The lowest BCUT2D eigenvalue weighted by atomic mass is 10.2. The van der Waals surface area contributed by atoms with Gasteiger partial charge in [-0.1, -0.05) is 0 Å². The molecule has 0 fully saturated rings. The number of nitrogens with two attached hydrogens (primary N) is 1. The summed E-state index contributed by atoms with van der Waals surface area (Å²) in [5.41, 5.74) is 3.33. The minimum Gasteiger partial charge on any atom is -0.369 e. The molecule has 0 spiro atoms. The summed E-state index contributed by atoms with van der Waals surface area (Å²) in [6.07, 6.45) is 2.10. The SMILES string of the molecule is CSC(C)(C)CNc1cc(C)nc(NN)n1. The Labute approximate surface area is 101 Å². The van der Waals surface area contributed by atoms with E-state index in [4.69, 9.17) is 5.84 Å². The molecule has 0 saturated heterocycles. The van der Waals surface area contributed by atoms with Gasteiger partial charge in [-0.25, -0.2) is 10.8 Å². The molecule has 1 aromatic heterocycles. The molecule has 0 atom stereocenters. The number of rotatable bonds is 5. The van der Waals surface area contributed by atoms with Crippen LogP contribution in [0.15, 0.2) is 6.07 Å². The second-order valence-corrected chi connectivity index (χ2v) is 5.69. The lowest BCUT2D eigenvalue weighted by Crippen LogP contribution is -2.26. The Morgan fingerprint density at radius 1 is 1.44 bits per heavy atom. The normalized spacial score (nSPS) is 11.3. The van der Waals surface area contributed by atoms with Crippen molar-refractivity contribution in [3.63, 3.8) is 0 Å². The van der Waals surface area contributed by atoms with E-state index >= 15 is 0 Å². The second kappa shape index (κ2) is 5.36. The van der Waals surface area contributed by atoms with Gasteiger partial charge in [0, 0.05) is 23.1 Å². The second-order valence-electron chi connectivity index (χ2n) is 4.18. The zero-order valence-electron chi connectivity index (χ0n) is 10.2. The number of nitrogens with zero attached hydrogens (tertiary/aromatic N) is 2. The van der Waals surface area contributed by atoms with Crippen LogP contribution in [-0.4, -0.2) is 27.5 Å². The van der Waals surface area contributed by atoms with Crippen LogP contribution in [0.25, 0.3) is 0 Å². The number of hydrazine groups is 1. The van der Waals surface area contributed by atoms with E-state index in [0.29, 0.717) is 5.95 Å². The number of nitrogens with one attached hydrogen (secondary N) is 2. The zero-order valence-corrected chi connectivity index (χ0v) is 11.0. The molecule has 16 heavy (non-hydrogen) atoms. The van der Waals surface area contributed by atoms with Gasteiger partial charge in [0.15, 0.2) is 0 Å². The van der Waals surface area contributed by atoms with Crippen LogP contribution in [0.5, 0.6) is 0 Å². The molecule has 0 radical (unpaired) electrons. The maximum Gasteiger partial charge on any atom is 0.239 e. The van der Waals surface area contributed by atoms with Crippen molar-refractivity contribution >= 4 is 23.5 Å². The van der Waals surface area contributed by atoms with Crippen LogP contribution in [0.3, 0.4) is 0 Å². The molecule has 0 amide bonds. The van der Waals surface area contributed by atoms with E-state index in [1.165, 1.54) is 0 Å². The monoisotopic (exact) mass is 241 g/mol. The summed E-state index contributed by atoms with van der Waals surface area (Å²) < 4.78 is 0.176. The Morgan fingerprint density at radius 2 is 2.12 bits per heavy atom. The van der Waals surface area contributed by atoms with Crippen molar-refractivity contribution in [2.75, 3.05) is 23.5 Å². The molecule has 90 valence electrons. The predicted molar refractivity (Wildman–Crippen MR) is 70.7 cm³/mol. The molecule has 6 heteroatoms.